The molecule has 1 unspecified atom stereocenters. The lowest BCUT2D eigenvalue weighted by Gasteiger charge is -2.20. The topological polar surface area (TPSA) is 61.3 Å². The third kappa shape index (κ3) is 3.17. The van der Waals surface area contributed by atoms with E-state index in [1.54, 1.807) is 0 Å². The third-order valence-electron chi connectivity index (χ3n) is 4.18. The summed E-state index contributed by atoms with van der Waals surface area (Å²) in [5.74, 6) is 2.91. The Balaban J connectivity index is 1.67. The Morgan fingerprint density at radius 1 is 1.12 bits per heavy atom. The molecule has 0 saturated heterocycles. The lowest BCUT2D eigenvalue weighted by atomic mass is 10.2. The minimum Gasteiger partial charge on any atom is -0.486 e. The molecule has 3 aromatic rings. The predicted molar refractivity (Wildman–Crippen MR) is 100.0 cm³/mol. The van der Waals surface area contributed by atoms with E-state index in [0.717, 1.165) is 17.2 Å². The minimum absolute atomic E-state index is 0.293. The average Bonchev–Trinajstić information content (AvgIpc) is 3.05. The number of H-pyrrole nitrogens is 1. The van der Waals surface area contributed by atoms with Gasteiger partial charge in [-0.15, -0.1) is 0 Å². The van der Waals surface area contributed by atoms with E-state index in [4.69, 9.17) is 26.4 Å². The van der Waals surface area contributed by atoms with Gasteiger partial charge in [0.15, 0.2) is 28.2 Å². The molecule has 7 heteroatoms. The molecule has 0 aliphatic carbocycles. The number of fused-ring (bicyclic) bond motifs is 1. The Kier molecular flexibility index (Phi) is 4.38. The Morgan fingerprint density at radius 2 is 1.85 bits per heavy atom. The zero-order valence-electron chi connectivity index (χ0n) is 14.6. The highest BCUT2D eigenvalue weighted by Gasteiger charge is 2.19. The molecule has 1 aliphatic rings. The van der Waals surface area contributed by atoms with Crippen LogP contribution < -0.4 is 14.2 Å². The molecule has 0 radical (unpaired) electrons. The van der Waals surface area contributed by atoms with Crippen LogP contribution in [0.3, 0.4) is 0 Å². The Bertz CT molecular complexity index is 978. The largest absolute Gasteiger partial charge is 0.486 e. The first-order chi connectivity index (χ1) is 12.6. The Morgan fingerprint density at radius 3 is 2.62 bits per heavy atom. The number of benzene rings is 2. The molecule has 4 rings (SSSR count). The predicted octanol–water partition coefficient (Wildman–Crippen LogP) is 4.15. The van der Waals surface area contributed by atoms with E-state index < -0.39 is 0 Å². The highest BCUT2D eigenvalue weighted by atomic mass is 32.1. The van der Waals surface area contributed by atoms with Crippen LogP contribution in [0.15, 0.2) is 42.5 Å². The molecule has 2 heterocycles. The number of hydrogen-bond donors (Lipinski definition) is 1. The molecule has 0 fully saturated rings. The van der Waals surface area contributed by atoms with Crippen molar-refractivity contribution in [3.05, 3.63) is 58.6 Å². The van der Waals surface area contributed by atoms with Gasteiger partial charge in [0.25, 0.3) is 0 Å². The minimum atomic E-state index is -0.293. The standard InChI is InChI=1S/C19H19N3O3S/c1-12-3-6-15(7-4-12)25-13(2)18-20-21-19(26)22(18)14-5-8-16-17(11-14)24-10-9-23-16/h3-8,11,13H,9-10H2,1-2H3,(H,21,26). The molecule has 1 aliphatic heterocycles. The maximum absolute atomic E-state index is 6.04. The van der Waals surface area contributed by atoms with Crippen molar-refractivity contribution in [1.29, 1.82) is 0 Å². The summed E-state index contributed by atoms with van der Waals surface area (Å²) >= 11 is 5.43. The van der Waals surface area contributed by atoms with Gasteiger partial charge in [0.2, 0.25) is 0 Å². The van der Waals surface area contributed by atoms with E-state index in [9.17, 15) is 0 Å². The van der Waals surface area contributed by atoms with Gasteiger partial charge in [0.1, 0.15) is 19.0 Å². The number of hydrogen-bond acceptors (Lipinski definition) is 5. The van der Waals surface area contributed by atoms with Gasteiger partial charge in [-0.3, -0.25) is 9.67 Å². The van der Waals surface area contributed by atoms with Crippen molar-refractivity contribution in [1.82, 2.24) is 14.8 Å². The molecule has 1 aromatic heterocycles. The van der Waals surface area contributed by atoms with Gasteiger partial charge in [-0.2, -0.15) is 5.10 Å². The number of rotatable bonds is 4. The second-order valence-electron chi connectivity index (χ2n) is 6.12. The summed E-state index contributed by atoms with van der Waals surface area (Å²) in [5, 5.41) is 7.22. The fourth-order valence-corrected chi connectivity index (χ4v) is 3.12. The van der Waals surface area contributed by atoms with Crippen LogP contribution in [0.4, 0.5) is 0 Å². The average molecular weight is 369 g/mol. The van der Waals surface area contributed by atoms with Gasteiger partial charge in [0.05, 0.1) is 5.69 Å². The SMILES string of the molecule is Cc1ccc(OC(C)c2n[nH]c(=S)n2-c2ccc3c(c2)OCCO3)cc1. The molecule has 2 aromatic carbocycles. The smallest absolute Gasteiger partial charge is 0.199 e. The van der Waals surface area contributed by atoms with E-state index in [1.165, 1.54) is 5.56 Å². The first-order valence-corrected chi connectivity index (χ1v) is 8.83. The number of nitrogens with zero attached hydrogens (tertiary/aromatic N) is 2. The van der Waals surface area contributed by atoms with Crippen molar-refractivity contribution in [3.8, 4) is 22.9 Å². The van der Waals surface area contributed by atoms with Gasteiger partial charge >= 0.3 is 0 Å². The van der Waals surface area contributed by atoms with Crippen LogP contribution in [0.5, 0.6) is 17.2 Å². The van der Waals surface area contributed by atoms with Crippen molar-refractivity contribution in [3.63, 3.8) is 0 Å². The lowest BCUT2D eigenvalue weighted by Crippen LogP contribution is -2.16. The van der Waals surface area contributed by atoms with Crippen molar-refractivity contribution in [2.45, 2.75) is 20.0 Å². The third-order valence-corrected chi connectivity index (χ3v) is 4.45. The monoisotopic (exact) mass is 369 g/mol. The van der Waals surface area contributed by atoms with Gasteiger partial charge in [0, 0.05) is 6.07 Å². The highest BCUT2D eigenvalue weighted by Crippen LogP contribution is 2.33. The Hall–Kier alpha value is -2.80. The molecule has 1 atom stereocenters. The summed E-state index contributed by atoms with van der Waals surface area (Å²) < 4.78 is 19.6. The first-order valence-electron chi connectivity index (χ1n) is 8.42. The lowest BCUT2D eigenvalue weighted by molar-refractivity contribution is 0.171. The maximum Gasteiger partial charge on any atom is 0.199 e. The summed E-state index contributed by atoms with van der Waals surface area (Å²) in [6.45, 7) is 5.08. The van der Waals surface area contributed by atoms with Gasteiger partial charge in [-0.05, 0) is 50.3 Å². The van der Waals surface area contributed by atoms with Crippen molar-refractivity contribution < 1.29 is 14.2 Å². The van der Waals surface area contributed by atoms with Crippen LogP contribution in [-0.2, 0) is 0 Å². The van der Waals surface area contributed by atoms with Crippen molar-refractivity contribution in [2.75, 3.05) is 13.2 Å². The van der Waals surface area contributed by atoms with Crippen molar-refractivity contribution >= 4 is 12.2 Å². The van der Waals surface area contributed by atoms with Crippen LogP contribution in [0.1, 0.15) is 24.4 Å². The summed E-state index contributed by atoms with van der Waals surface area (Å²) in [6.07, 6.45) is -0.293. The zero-order valence-corrected chi connectivity index (χ0v) is 15.4. The second kappa shape index (κ2) is 6.84. The Labute approximate surface area is 156 Å². The fourth-order valence-electron chi connectivity index (χ4n) is 2.88. The first kappa shape index (κ1) is 16.7. The molecular weight excluding hydrogens is 350 g/mol. The molecule has 6 nitrogen and oxygen atoms in total. The van der Waals surface area contributed by atoms with Crippen LogP contribution >= 0.6 is 12.2 Å². The van der Waals surface area contributed by atoms with Crippen LogP contribution in [-0.4, -0.2) is 28.0 Å². The molecule has 1 N–H and O–H groups in total. The van der Waals surface area contributed by atoms with E-state index in [-0.39, 0.29) is 6.10 Å². The molecule has 0 amide bonds. The van der Waals surface area contributed by atoms with Gasteiger partial charge in [-0.1, -0.05) is 17.7 Å². The van der Waals surface area contributed by atoms with Crippen LogP contribution in [0.2, 0.25) is 0 Å². The zero-order chi connectivity index (χ0) is 18.1. The second-order valence-corrected chi connectivity index (χ2v) is 6.51. The van der Waals surface area contributed by atoms with Crippen molar-refractivity contribution in [2.24, 2.45) is 0 Å². The summed E-state index contributed by atoms with van der Waals surface area (Å²) in [7, 11) is 0. The van der Waals surface area contributed by atoms with E-state index in [1.807, 2.05) is 60.9 Å². The van der Waals surface area contributed by atoms with Crippen LogP contribution in [0, 0.1) is 11.7 Å². The molecule has 0 saturated carbocycles. The van der Waals surface area contributed by atoms with Gasteiger partial charge in [-0.25, -0.2) is 0 Å². The number of ether oxygens (including phenoxy) is 3. The number of aromatic nitrogens is 3. The normalized spacial score (nSPS) is 14.1. The van der Waals surface area contributed by atoms with E-state index in [0.29, 0.717) is 29.6 Å². The molecular formula is C19H19N3O3S. The summed E-state index contributed by atoms with van der Waals surface area (Å²) in [5.41, 5.74) is 2.03. The summed E-state index contributed by atoms with van der Waals surface area (Å²) in [4.78, 5) is 0. The van der Waals surface area contributed by atoms with Gasteiger partial charge < -0.3 is 14.2 Å². The summed E-state index contributed by atoms with van der Waals surface area (Å²) in [6, 6.07) is 13.6. The molecule has 0 bridgehead atoms. The fraction of sp³-hybridized carbons (Fsp3) is 0.263. The highest BCUT2D eigenvalue weighted by molar-refractivity contribution is 7.71. The quantitative estimate of drug-likeness (QED) is 0.700. The number of aryl methyl sites for hydroxylation is 1. The van der Waals surface area contributed by atoms with E-state index in [2.05, 4.69) is 10.2 Å². The number of nitrogens with one attached hydrogen (secondary N) is 1. The maximum atomic E-state index is 6.04. The number of aromatic amines is 1. The molecule has 26 heavy (non-hydrogen) atoms. The molecule has 134 valence electrons. The van der Waals surface area contributed by atoms with E-state index >= 15 is 0 Å². The van der Waals surface area contributed by atoms with Crippen LogP contribution in [0.25, 0.3) is 5.69 Å². The molecule has 0 spiro atoms.